The van der Waals surface area contributed by atoms with Gasteiger partial charge in [0.1, 0.15) is 0 Å². The predicted octanol–water partition coefficient (Wildman–Crippen LogP) is -0.398. The summed E-state index contributed by atoms with van der Waals surface area (Å²) in [6.07, 6.45) is 0.849. The number of pyridine rings is 1. The third kappa shape index (κ3) is 4.27. The number of hydrogen-bond donors (Lipinski definition) is 2. The average Bonchev–Trinajstić information content (AvgIpc) is 2.21. The average molecular weight is 260 g/mol. The molecule has 0 spiro atoms. The number of aromatic nitrogens is 1. The molecule has 1 aromatic heterocycles. The third-order valence-corrected chi connectivity index (χ3v) is 3.23. The number of anilines is 1. The van der Waals surface area contributed by atoms with Crippen LogP contribution in [0.5, 0.6) is 0 Å². The van der Waals surface area contributed by atoms with E-state index in [1.165, 1.54) is 29.9 Å². The van der Waals surface area contributed by atoms with Crippen molar-refractivity contribution in [2.24, 2.45) is 7.05 Å². The number of carbonyl (C=O) groups is 1. The highest BCUT2D eigenvalue weighted by atomic mass is 32.2. The minimum absolute atomic E-state index is 0.220. The molecule has 0 fully saturated rings. The van der Waals surface area contributed by atoms with Gasteiger partial charge in [0, 0.05) is 19.3 Å². The molecule has 2 N–H and O–H groups in total. The second-order valence-corrected chi connectivity index (χ2v) is 5.27. The number of aryl methyl sites for hydroxylation is 1. The van der Waals surface area contributed by atoms with Crippen molar-refractivity contribution in [3.05, 3.63) is 28.7 Å². The van der Waals surface area contributed by atoms with Gasteiger partial charge >= 0.3 is 5.97 Å². The van der Waals surface area contributed by atoms with Gasteiger partial charge in [0.05, 0.1) is 17.9 Å². The summed E-state index contributed by atoms with van der Waals surface area (Å²) < 4.78 is 26.3. The van der Waals surface area contributed by atoms with Crippen LogP contribution in [-0.2, 0) is 21.9 Å². The second-order valence-electron chi connectivity index (χ2n) is 3.43. The Morgan fingerprint density at radius 1 is 1.47 bits per heavy atom. The monoisotopic (exact) mass is 260 g/mol. The van der Waals surface area contributed by atoms with Crippen molar-refractivity contribution in [2.45, 2.75) is 6.42 Å². The van der Waals surface area contributed by atoms with Crippen LogP contribution in [0.1, 0.15) is 6.42 Å². The number of rotatable bonds is 5. The van der Waals surface area contributed by atoms with Crippen molar-refractivity contribution >= 4 is 21.7 Å². The fraction of sp³-hybridized carbons (Fsp3) is 0.333. The highest BCUT2D eigenvalue weighted by Crippen LogP contribution is 2.06. The molecule has 0 aromatic carbocycles. The number of nitrogens with one attached hydrogen (secondary N) is 1. The molecular formula is C9H12N2O5S. The molecule has 0 aliphatic rings. The molecule has 0 aliphatic carbocycles. The van der Waals surface area contributed by atoms with E-state index in [0.29, 0.717) is 0 Å². The van der Waals surface area contributed by atoms with Gasteiger partial charge in [-0.25, -0.2) is 8.42 Å². The topological polar surface area (TPSA) is 105 Å². The van der Waals surface area contributed by atoms with E-state index >= 15 is 0 Å². The molecule has 0 amide bonds. The molecule has 1 heterocycles. The zero-order valence-corrected chi connectivity index (χ0v) is 9.90. The Morgan fingerprint density at radius 3 is 2.65 bits per heavy atom. The van der Waals surface area contributed by atoms with Gasteiger partial charge in [0.2, 0.25) is 15.6 Å². The molecule has 1 rings (SSSR count). The molecule has 0 atom stereocenters. The van der Waals surface area contributed by atoms with Gasteiger partial charge in [-0.05, 0) is 6.07 Å². The normalized spacial score (nSPS) is 11.1. The van der Waals surface area contributed by atoms with Crippen molar-refractivity contribution in [2.75, 3.05) is 10.5 Å². The van der Waals surface area contributed by atoms with Gasteiger partial charge in [-0.1, -0.05) is 0 Å². The van der Waals surface area contributed by atoms with E-state index in [9.17, 15) is 18.0 Å². The number of carboxylic acids is 1. The third-order valence-electron chi connectivity index (χ3n) is 1.94. The lowest BCUT2D eigenvalue weighted by Gasteiger charge is -2.07. The van der Waals surface area contributed by atoms with Crippen LogP contribution < -0.4 is 10.3 Å². The molecule has 0 bridgehead atoms. The van der Waals surface area contributed by atoms with E-state index in [4.69, 9.17) is 5.11 Å². The molecule has 0 unspecified atom stereocenters. The van der Waals surface area contributed by atoms with E-state index in [-0.39, 0.29) is 11.2 Å². The van der Waals surface area contributed by atoms with Crippen LogP contribution in [0.25, 0.3) is 0 Å². The maximum Gasteiger partial charge on any atom is 0.304 e. The first-order valence-electron chi connectivity index (χ1n) is 4.69. The molecule has 0 radical (unpaired) electrons. The zero-order valence-electron chi connectivity index (χ0n) is 9.08. The van der Waals surface area contributed by atoms with Crippen molar-refractivity contribution in [3.8, 4) is 0 Å². The summed E-state index contributed by atoms with van der Waals surface area (Å²) in [5.41, 5.74) is -0.0454. The summed E-state index contributed by atoms with van der Waals surface area (Å²) in [4.78, 5) is 21.3. The lowest BCUT2D eigenvalue weighted by atomic mass is 10.4. The molecule has 0 aliphatic heterocycles. The van der Waals surface area contributed by atoms with Crippen LogP contribution in [0.4, 0.5) is 5.69 Å². The summed E-state index contributed by atoms with van der Waals surface area (Å²) in [6.45, 7) is 0. The smallest absolute Gasteiger partial charge is 0.304 e. The van der Waals surface area contributed by atoms with Crippen LogP contribution in [0.2, 0.25) is 0 Å². The van der Waals surface area contributed by atoms with Crippen LogP contribution in [0, 0.1) is 0 Å². The summed E-state index contributed by atoms with van der Waals surface area (Å²) >= 11 is 0. The Labute approximate surface area is 97.7 Å². The number of nitrogens with zero attached hydrogens (tertiary/aromatic N) is 1. The maximum absolute atomic E-state index is 11.4. The fourth-order valence-corrected chi connectivity index (χ4v) is 2.13. The second kappa shape index (κ2) is 5.00. The fourth-order valence-electron chi connectivity index (χ4n) is 1.11. The minimum Gasteiger partial charge on any atom is -0.481 e. The van der Waals surface area contributed by atoms with Gasteiger partial charge in [0.15, 0.2) is 0 Å². The summed E-state index contributed by atoms with van der Waals surface area (Å²) in [7, 11) is -2.22. The highest BCUT2D eigenvalue weighted by molar-refractivity contribution is 7.92. The summed E-state index contributed by atoms with van der Waals surface area (Å²) in [5.74, 6) is -1.69. The lowest BCUT2D eigenvalue weighted by Crippen LogP contribution is -2.21. The highest BCUT2D eigenvalue weighted by Gasteiger charge is 2.12. The van der Waals surface area contributed by atoms with E-state index < -0.39 is 28.2 Å². The van der Waals surface area contributed by atoms with Gasteiger partial charge in [-0.3, -0.25) is 14.3 Å². The SMILES string of the molecule is Cn1cc(NS(=O)(=O)CCC(=O)O)ccc1=O. The molecule has 0 saturated carbocycles. The van der Waals surface area contributed by atoms with E-state index in [0.717, 1.165) is 0 Å². The van der Waals surface area contributed by atoms with Gasteiger partial charge in [-0.2, -0.15) is 0 Å². The largest absolute Gasteiger partial charge is 0.481 e. The van der Waals surface area contributed by atoms with Gasteiger partial charge < -0.3 is 9.67 Å². The molecule has 17 heavy (non-hydrogen) atoms. The minimum atomic E-state index is -3.71. The van der Waals surface area contributed by atoms with E-state index in [1.807, 2.05) is 0 Å². The standard InChI is InChI=1S/C9H12N2O5S/c1-11-6-7(2-3-8(11)12)10-17(15,16)5-4-9(13)14/h2-3,6,10H,4-5H2,1H3,(H,13,14). The Hall–Kier alpha value is -1.83. The molecule has 94 valence electrons. The molecular weight excluding hydrogens is 248 g/mol. The number of sulfonamides is 1. The molecule has 1 aromatic rings. The number of aliphatic carboxylic acids is 1. The van der Waals surface area contributed by atoms with Crippen molar-refractivity contribution < 1.29 is 18.3 Å². The van der Waals surface area contributed by atoms with Crippen LogP contribution in [-0.4, -0.2) is 29.8 Å². The zero-order chi connectivity index (χ0) is 13.1. The first-order valence-corrected chi connectivity index (χ1v) is 6.34. The quantitative estimate of drug-likeness (QED) is 0.749. The van der Waals surface area contributed by atoms with E-state index in [1.54, 1.807) is 0 Å². The predicted molar refractivity (Wildman–Crippen MR) is 61.3 cm³/mol. The Morgan fingerprint density at radius 2 is 2.12 bits per heavy atom. The first-order chi connectivity index (χ1) is 7.80. The van der Waals surface area contributed by atoms with Gasteiger partial charge in [-0.15, -0.1) is 0 Å². The Balaban J connectivity index is 2.79. The molecule has 7 nitrogen and oxygen atoms in total. The van der Waals surface area contributed by atoms with Gasteiger partial charge in [0.25, 0.3) is 0 Å². The number of hydrogen-bond acceptors (Lipinski definition) is 4. The Bertz CT molecular complexity index is 575. The van der Waals surface area contributed by atoms with Crippen LogP contribution in [0.3, 0.4) is 0 Å². The summed E-state index contributed by atoms with van der Waals surface area (Å²) in [6, 6.07) is 2.54. The number of carboxylic acid groups (broad SMARTS) is 1. The van der Waals surface area contributed by atoms with Crippen LogP contribution >= 0.6 is 0 Å². The van der Waals surface area contributed by atoms with Crippen molar-refractivity contribution in [1.29, 1.82) is 0 Å². The molecule has 8 heteroatoms. The molecule has 0 saturated heterocycles. The van der Waals surface area contributed by atoms with Crippen molar-refractivity contribution in [3.63, 3.8) is 0 Å². The summed E-state index contributed by atoms with van der Waals surface area (Å²) in [5, 5.41) is 8.39. The van der Waals surface area contributed by atoms with Crippen molar-refractivity contribution in [1.82, 2.24) is 4.57 Å². The Kier molecular flexibility index (Phi) is 3.89. The maximum atomic E-state index is 11.4. The first kappa shape index (κ1) is 13.2. The van der Waals surface area contributed by atoms with E-state index in [2.05, 4.69) is 4.72 Å². The van der Waals surface area contributed by atoms with Crippen LogP contribution in [0.15, 0.2) is 23.1 Å². The lowest BCUT2D eigenvalue weighted by molar-refractivity contribution is -0.136.